The van der Waals surface area contributed by atoms with Crippen LogP contribution in [0.25, 0.3) is 0 Å². The molecule has 0 rings (SSSR count). The Morgan fingerprint density at radius 3 is 2.29 bits per heavy atom. The van der Waals surface area contributed by atoms with Crippen LogP contribution in [0.1, 0.15) is 34.1 Å². The van der Waals surface area contributed by atoms with Crippen LogP contribution in [0, 0.1) is 16.7 Å². The van der Waals surface area contributed by atoms with E-state index in [1.165, 1.54) is 12.0 Å². The Kier molecular flexibility index (Phi) is 5.66. The highest BCUT2D eigenvalue weighted by Gasteiger charge is 2.37. The van der Waals surface area contributed by atoms with Gasteiger partial charge in [0.1, 0.15) is 12.0 Å². The molecule has 17 heavy (non-hydrogen) atoms. The molecule has 0 saturated carbocycles. The maximum atomic E-state index is 12.2. The molecular weight excluding hydrogens is 220 g/mol. The number of nitriles is 1. The van der Waals surface area contributed by atoms with E-state index in [0.29, 0.717) is 6.42 Å². The van der Waals surface area contributed by atoms with Crippen LogP contribution in [-0.2, 0) is 14.3 Å². The van der Waals surface area contributed by atoms with Gasteiger partial charge < -0.3 is 9.64 Å². The predicted molar refractivity (Wildman–Crippen MR) is 62.9 cm³/mol. The monoisotopic (exact) mass is 240 g/mol. The second kappa shape index (κ2) is 6.24. The maximum absolute atomic E-state index is 12.2. The zero-order chi connectivity index (χ0) is 13.6. The third kappa shape index (κ3) is 3.74. The lowest BCUT2D eigenvalue weighted by Crippen LogP contribution is -2.47. The minimum atomic E-state index is -1.09. The normalized spacial score (nSPS) is 13.7. The number of rotatable bonds is 5. The van der Waals surface area contributed by atoms with Gasteiger partial charge in [-0.25, -0.2) is 0 Å². The number of carbonyl (C=O) groups excluding carboxylic acids is 2. The lowest BCUT2D eigenvalue weighted by molar-refractivity contribution is -0.151. The lowest BCUT2D eigenvalue weighted by atomic mass is 9.87. The summed E-state index contributed by atoms with van der Waals surface area (Å²) in [6.45, 7) is 6.84. The van der Waals surface area contributed by atoms with Crippen molar-refractivity contribution in [1.29, 1.82) is 5.26 Å². The molecule has 0 N–H and O–H groups in total. The fraction of sp³-hybridized carbons (Fsp3) is 0.750. The van der Waals surface area contributed by atoms with E-state index >= 15 is 0 Å². The molecule has 0 aliphatic rings. The Bertz CT molecular complexity index is 333. The van der Waals surface area contributed by atoms with E-state index in [1.54, 1.807) is 27.7 Å². The third-order valence-corrected chi connectivity index (χ3v) is 2.84. The molecule has 0 radical (unpaired) electrons. The standard InChI is InChI=1S/C12H20N2O3/c1-6-12(4,8-13)11(16)14(9(2)3)7-10(15)17-5/h9H,6-7H2,1-5H3. The van der Waals surface area contributed by atoms with Gasteiger partial charge in [0, 0.05) is 6.04 Å². The number of hydrogen-bond donors (Lipinski definition) is 0. The van der Waals surface area contributed by atoms with Crippen molar-refractivity contribution in [3.05, 3.63) is 0 Å². The fourth-order valence-electron chi connectivity index (χ4n) is 1.29. The maximum Gasteiger partial charge on any atom is 0.325 e. The third-order valence-electron chi connectivity index (χ3n) is 2.84. The molecule has 0 aliphatic carbocycles. The van der Waals surface area contributed by atoms with Crippen molar-refractivity contribution in [2.24, 2.45) is 5.41 Å². The van der Waals surface area contributed by atoms with Crippen LogP contribution in [0.5, 0.6) is 0 Å². The number of hydrogen-bond acceptors (Lipinski definition) is 4. The summed E-state index contributed by atoms with van der Waals surface area (Å²) in [7, 11) is 1.27. The minimum Gasteiger partial charge on any atom is -0.468 e. The van der Waals surface area contributed by atoms with Crippen LogP contribution in [0.2, 0.25) is 0 Å². The first-order valence-corrected chi connectivity index (χ1v) is 5.61. The van der Waals surface area contributed by atoms with E-state index in [4.69, 9.17) is 5.26 Å². The molecule has 0 aromatic carbocycles. The Balaban J connectivity index is 5.03. The molecule has 0 spiro atoms. The van der Waals surface area contributed by atoms with Crippen LogP contribution < -0.4 is 0 Å². The van der Waals surface area contributed by atoms with Crippen LogP contribution in [0.15, 0.2) is 0 Å². The van der Waals surface area contributed by atoms with Gasteiger partial charge in [-0.3, -0.25) is 9.59 Å². The number of amides is 1. The summed E-state index contributed by atoms with van der Waals surface area (Å²) < 4.78 is 4.55. The van der Waals surface area contributed by atoms with Gasteiger partial charge >= 0.3 is 5.97 Å². The van der Waals surface area contributed by atoms with Crippen LogP contribution in [0.3, 0.4) is 0 Å². The smallest absolute Gasteiger partial charge is 0.325 e. The summed E-state index contributed by atoms with van der Waals surface area (Å²) in [6, 6.07) is 1.86. The molecule has 0 aromatic rings. The Hall–Kier alpha value is -1.57. The van der Waals surface area contributed by atoms with Crippen molar-refractivity contribution in [3.63, 3.8) is 0 Å². The summed E-state index contributed by atoms with van der Waals surface area (Å²) in [5.41, 5.74) is -1.09. The Morgan fingerprint density at radius 2 is 2.00 bits per heavy atom. The summed E-state index contributed by atoms with van der Waals surface area (Å²) >= 11 is 0. The summed E-state index contributed by atoms with van der Waals surface area (Å²) in [5.74, 6) is -0.814. The van der Waals surface area contributed by atoms with Gasteiger partial charge in [-0.1, -0.05) is 6.92 Å². The second-order valence-corrected chi connectivity index (χ2v) is 4.40. The highest BCUT2D eigenvalue weighted by Crippen LogP contribution is 2.24. The van der Waals surface area contributed by atoms with Crippen molar-refractivity contribution >= 4 is 11.9 Å². The van der Waals surface area contributed by atoms with E-state index < -0.39 is 11.4 Å². The van der Waals surface area contributed by atoms with Crippen molar-refractivity contribution in [2.75, 3.05) is 13.7 Å². The minimum absolute atomic E-state index is 0.121. The van der Waals surface area contributed by atoms with Crippen LogP contribution in [0.4, 0.5) is 0 Å². The van der Waals surface area contributed by atoms with E-state index in [1.807, 2.05) is 6.07 Å². The van der Waals surface area contributed by atoms with Crippen molar-refractivity contribution in [3.8, 4) is 6.07 Å². The van der Waals surface area contributed by atoms with Crippen molar-refractivity contribution < 1.29 is 14.3 Å². The molecule has 1 unspecified atom stereocenters. The first-order chi connectivity index (χ1) is 7.82. The molecule has 5 heteroatoms. The number of nitrogens with zero attached hydrogens (tertiary/aromatic N) is 2. The molecule has 0 aromatic heterocycles. The summed E-state index contributed by atoms with van der Waals surface area (Å²) in [6.07, 6.45) is 0.409. The van der Waals surface area contributed by atoms with E-state index in [-0.39, 0.29) is 18.5 Å². The highest BCUT2D eigenvalue weighted by molar-refractivity contribution is 5.88. The molecule has 0 heterocycles. The predicted octanol–water partition coefficient (Wildman–Crippen LogP) is 1.34. The van der Waals surface area contributed by atoms with E-state index in [0.717, 1.165) is 0 Å². The fourth-order valence-corrected chi connectivity index (χ4v) is 1.29. The molecular formula is C12H20N2O3. The number of esters is 1. The molecule has 0 bridgehead atoms. The van der Waals surface area contributed by atoms with E-state index in [9.17, 15) is 9.59 Å². The lowest BCUT2D eigenvalue weighted by Gasteiger charge is -2.31. The average molecular weight is 240 g/mol. The topological polar surface area (TPSA) is 70.4 Å². The molecule has 1 amide bonds. The number of methoxy groups -OCH3 is 1. The molecule has 1 atom stereocenters. The van der Waals surface area contributed by atoms with E-state index in [2.05, 4.69) is 4.74 Å². The second-order valence-electron chi connectivity index (χ2n) is 4.40. The van der Waals surface area contributed by atoms with Gasteiger partial charge in [0.05, 0.1) is 13.2 Å². The van der Waals surface area contributed by atoms with Gasteiger partial charge in [0.15, 0.2) is 0 Å². The van der Waals surface area contributed by atoms with Crippen molar-refractivity contribution in [1.82, 2.24) is 4.90 Å². The molecule has 5 nitrogen and oxygen atoms in total. The highest BCUT2D eigenvalue weighted by atomic mass is 16.5. The SMILES string of the molecule is CCC(C)(C#N)C(=O)N(CC(=O)OC)C(C)C. The van der Waals surface area contributed by atoms with Gasteiger partial charge in [-0.2, -0.15) is 5.26 Å². The van der Waals surface area contributed by atoms with Crippen molar-refractivity contribution in [2.45, 2.75) is 40.2 Å². The largest absolute Gasteiger partial charge is 0.468 e. The van der Waals surface area contributed by atoms with Gasteiger partial charge in [0.2, 0.25) is 5.91 Å². The quantitative estimate of drug-likeness (QED) is 0.680. The van der Waals surface area contributed by atoms with Crippen LogP contribution >= 0.6 is 0 Å². The average Bonchev–Trinajstić information content (AvgIpc) is 2.33. The summed E-state index contributed by atoms with van der Waals surface area (Å²) in [4.78, 5) is 24.8. The zero-order valence-electron chi connectivity index (χ0n) is 11.1. The zero-order valence-corrected chi connectivity index (χ0v) is 11.1. The molecule has 96 valence electrons. The van der Waals surface area contributed by atoms with Gasteiger partial charge in [-0.15, -0.1) is 0 Å². The Morgan fingerprint density at radius 1 is 1.47 bits per heavy atom. The first-order valence-electron chi connectivity index (χ1n) is 5.61. The molecule has 0 aliphatic heterocycles. The molecule has 0 saturated heterocycles. The number of carbonyl (C=O) groups is 2. The summed E-state index contributed by atoms with van der Waals surface area (Å²) in [5, 5.41) is 9.06. The van der Waals surface area contributed by atoms with Gasteiger partial charge in [-0.05, 0) is 27.2 Å². The first kappa shape index (κ1) is 15.4. The number of ether oxygens (including phenoxy) is 1. The van der Waals surface area contributed by atoms with Crippen LogP contribution in [-0.4, -0.2) is 36.5 Å². The molecule has 0 fully saturated rings. The Labute approximate surface area is 102 Å². The van der Waals surface area contributed by atoms with Gasteiger partial charge in [0.25, 0.3) is 0 Å².